The maximum absolute atomic E-state index is 11.7. The summed E-state index contributed by atoms with van der Waals surface area (Å²) < 4.78 is 0. The average molecular weight is 325 g/mol. The van der Waals surface area contributed by atoms with Crippen LogP contribution in [0.2, 0.25) is 0 Å². The van der Waals surface area contributed by atoms with E-state index in [0.29, 0.717) is 5.41 Å². The third-order valence-electron chi connectivity index (χ3n) is 7.15. The van der Waals surface area contributed by atoms with Crippen molar-refractivity contribution in [2.24, 2.45) is 23.2 Å². The number of carbonyl (C=O) groups is 1. The molecule has 4 bridgehead atoms. The first-order valence-electron chi connectivity index (χ1n) is 9.88. The number of nitrogens with one attached hydrogen (secondary N) is 1. The number of hydrogen-bond donors (Lipinski definition) is 1. The van der Waals surface area contributed by atoms with Crippen LogP contribution in [0.25, 0.3) is 0 Å². The second kappa shape index (κ2) is 6.20. The molecule has 130 valence electrons. The molecule has 4 fully saturated rings. The SMILES string of the molecule is CNC(=O)c1ccc(CCCC23CC4CC(CC(C4)C2)C3)c(C)c1. The van der Waals surface area contributed by atoms with Crippen molar-refractivity contribution in [2.75, 3.05) is 7.05 Å². The van der Waals surface area contributed by atoms with Crippen LogP contribution in [-0.2, 0) is 6.42 Å². The molecule has 0 aromatic heterocycles. The Kier molecular flexibility index (Phi) is 4.18. The second-order valence-corrected chi connectivity index (χ2v) is 8.99. The van der Waals surface area contributed by atoms with E-state index in [1.807, 2.05) is 12.1 Å². The van der Waals surface area contributed by atoms with Crippen LogP contribution in [0.15, 0.2) is 18.2 Å². The highest BCUT2D eigenvalue weighted by Gasteiger charge is 2.50. The molecule has 2 nitrogen and oxygen atoms in total. The molecule has 4 saturated carbocycles. The fraction of sp³-hybridized carbons (Fsp3) is 0.682. The quantitative estimate of drug-likeness (QED) is 0.820. The Balaban J connectivity index is 1.37. The van der Waals surface area contributed by atoms with Gasteiger partial charge in [0, 0.05) is 12.6 Å². The highest BCUT2D eigenvalue weighted by Crippen LogP contribution is 2.61. The first kappa shape index (κ1) is 16.2. The molecule has 4 aliphatic carbocycles. The summed E-state index contributed by atoms with van der Waals surface area (Å²) >= 11 is 0. The van der Waals surface area contributed by atoms with Crippen LogP contribution >= 0.6 is 0 Å². The van der Waals surface area contributed by atoms with Crippen LogP contribution in [0.5, 0.6) is 0 Å². The lowest BCUT2D eigenvalue weighted by Gasteiger charge is -2.57. The molecule has 2 heteroatoms. The van der Waals surface area contributed by atoms with Crippen molar-refractivity contribution in [2.45, 2.75) is 64.7 Å². The molecule has 0 saturated heterocycles. The highest BCUT2D eigenvalue weighted by atomic mass is 16.1. The predicted molar refractivity (Wildman–Crippen MR) is 98.1 cm³/mol. The molecular formula is C22H31NO. The topological polar surface area (TPSA) is 29.1 Å². The third kappa shape index (κ3) is 3.00. The minimum absolute atomic E-state index is 0.0122. The van der Waals surface area contributed by atoms with Gasteiger partial charge in [0.15, 0.2) is 0 Å². The van der Waals surface area contributed by atoms with Gasteiger partial charge in [0.1, 0.15) is 0 Å². The Bertz CT molecular complexity index is 598. The standard InChI is InChI=1S/C22H31NO/c1-15-8-20(21(24)23-2)6-5-19(15)4-3-7-22-12-16-9-17(13-22)11-18(10-16)14-22/h5-6,8,16-18H,3-4,7,9-14H2,1-2H3,(H,23,24). The summed E-state index contributed by atoms with van der Waals surface area (Å²) in [4.78, 5) is 11.7. The zero-order valence-electron chi connectivity index (χ0n) is 15.2. The van der Waals surface area contributed by atoms with Crippen LogP contribution in [0.1, 0.15) is 72.9 Å². The molecule has 0 atom stereocenters. The normalized spacial score (nSPS) is 33.7. The molecule has 0 spiro atoms. The Hall–Kier alpha value is -1.31. The molecule has 1 aromatic carbocycles. The van der Waals surface area contributed by atoms with Crippen molar-refractivity contribution in [3.8, 4) is 0 Å². The Morgan fingerprint density at radius 2 is 1.75 bits per heavy atom. The zero-order chi connectivity index (χ0) is 16.7. The van der Waals surface area contributed by atoms with Gasteiger partial charge in [0.2, 0.25) is 0 Å². The van der Waals surface area contributed by atoms with E-state index >= 15 is 0 Å². The highest BCUT2D eigenvalue weighted by molar-refractivity contribution is 5.94. The van der Waals surface area contributed by atoms with Gasteiger partial charge in [0.25, 0.3) is 5.91 Å². The van der Waals surface area contributed by atoms with Gasteiger partial charge in [-0.1, -0.05) is 6.07 Å². The molecule has 0 aliphatic heterocycles. The molecule has 1 aromatic rings. The van der Waals surface area contributed by atoms with Crippen molar-refractivity contribution in [3.63, 3.8) is 0 Å². The summed E-state index contributed by atoms with van der Waals surface area (Å²) in [5, 5.41) is 2.71. The number of rotatable bonds is 5. The Morgan fingerprint density at radius 3 is 2.29 bits per heavy atom. The van der Waals surface area contributed by atoms with Crippen molar-refractivity contribution in [3.05, 3.63) is 34.9 Å². The lowest BCUT2D eigenvalue weighted by molar-refractivity contribution is -0.0580. The number of benzene rings is 1. The summed E-state index contributed by atoms with van der Waals surface area (Å²) in [5.74, 6) is 3.19. The Morgan fingerprint density at radius 1 is 1.12 bits per heavy atom. The maximum atomic E-state index is 11.7. The number of carbonyl (C=O) groups excluding carboxylic acids is 1. The molecule has 5 rings (SSSR count). The van der Waals surface area contributed by atoms with Crippen LogP contribution in [0.3, 0.4) is 0 Å². The molecule has 4 aliphatic rings. The van der Waals surface area contributed by atoms with Gasteiger partial charge in [0.05, 0.1) is 0 Å². The maximum Gasteiger partial charge on any atom is 0.251 e. The van der Waals surface area contributed by atoms with E-state index in [1.165, 1.54) is 68.9 Å². The summed E-state index contributed by atoms with van der Waals surface area (Å²) in [5.41, 5.74) is 4.17. The van der Waals surface area contributed by atoms with Crippen LogP contribution in [0.4, 0.5) is 0 Å². The van der Waals surface area contributed by atoms with E-state index in [1.54, 1.807) is 7.05 Å². The van der Waals surface area contributed by atoms with Crippen molar-refractivity contribution in [1.29, 1.82) is 0 Å². The minimum atomic E-state index is 0.0122. The van der Waals surface area contributed by atoms with Crippen molar-refractivity contribution in [1.82, 2.24) is 5.32 Å². The molecule has 0 heterocycles. The monoisotopic (exact) mass is 325 g/mol. The zero-order valence-corrected chi connectivity index (χ0v) is 15.2. The summed E-state index contributed by atoms with van der Waals surface area (Å²) in [6, 6.07) is 6.18. The largest absolute Gasteiger partial charge is 0.355 e. The summed E-state index contributed by atoms with van der Waals surface area (Å²) in [7, 11) is 1.69. The summed E-state index contributed by atoms with van der Waals surface area (Å²) in [6.07, 6.45) is 13.1. The smallest absolute Gasteiger partial charge is 0.251 e. The van der Waals surface area contributed by atoms with Gasteiger partial charge in [-0.05, 0) is 111 Å². The van der Waals surface area contributed by atoms with Gasteiger partial charge in [-0.15, -0.1) is 0 Å². The molecule has 0 unspecified atom stereocenters. The lowest BCUT2D eigenvalue weighted by atomic mass is 9.48. The van der Waals surface area contributed by atoms with E-state index in [4.69, 9.17) is 0 Å². The predicted octanol–water partition coefficient (Wildman–Crippen LogP) is 4.89. The van der Waals surface area contributed by atoms with Crippen LogP contribution < -0.4 is 5.32 Å². The first-order chi connectivity index (χ1) is 11.6. The number of aryl methyl sites for hydroxylation is 2. The molecule has 24 heavy (non-hydrogen) atoms. The van der Waals surface area contributed by atoms with Gasteiger partial charge in [-0.25, -0.2) is 0 Å². The number of hydrogen-bond acceptors (Lipinski definition) is 1. The average Bonchev–Trinajstić information content (AvgIpc) is 2.54. The Labute approximate surface area is 146 Å². The fourth-order valence-electron chi connectivity index (χ4n) is 6.51. The minimum Gasteiger partial charge on any atom is -0.355 e. The molecular weight excluding hydrogens is 294 g/mol. The van der Waals surface area contributed by atoms with E-state index in [9.17, 15) is 4.79 Å². The molecule has 0 radical (unpaired) electrons. The van der Waals surface area contributed by atoms with Crippen LogP contribution in [0, 0.1) is 30.1 Å². The van der Waals surface area contributed by atoms with E-state index in [-0.39, 0.29) is 5.91 Å². The van der Waals surface area contributed by atoms with E-state index in [2.05, 4.69) is 18.3 Å². The summed E-state index contributed by atoms with van der Waals surface area (Å²) in [6.45, 7) is 2.15. The van der Waals surface area contributed by atoms with Gasteiger partial charge < -0.3 is 5.32 Å². The van der Waals surface area contributed by atoms with Gasteiger partial charge >= 0.3 is 0 Å². The molecule has 1 amide bonds. The molecule has 1 N–H and O–H groups in total. The number of amides is 1. The van der Waals surface area contributed by atoms with Gasteiger partial charge in [-0.3, -0.25) is 4.79 Å². The third-order valence-corrected chi connectivity index (χ3v) is 7.15. The van der Waals surface area contributed by atoms with Crippen molar-refractivity contribution < 1.29 is 4.79 Å². The lowest BCUT2D eigenvalue weighted by Crippen LogP contribution is -2.45. The van der Waals surface area contributed by atoms with Crippen LogP contribution in [-0.4, -0.2) is 13.0 Å². The van der Waals surface area contributed by atoms with E-state index < -0.39 is 0 Å². The van der Waals surface area contributed by atoms with Gasteiger partial charge in [-0.2, -0.15) is 0 Å². The fourth-order valence-corrected chi connectivity index (χ4v) is 6.51. The first-order valence-corrected chi connectivity index (χ1v) is 9.88. The second-order valence-electron chi connectivity index (χ2n) is 8.99. The van der Waals surface area contributed by atoms with E-state index in [0.717, 1.165) is 23.3 Å². The van der Waals surface area contributed by atoms with Crippen molar-refractivity contribution >= 4 is 5.91 Å².